The molecule has 1 unspecified atom stereocenters. The highest BCUT2D eigenvalue weighted by molar-refractivity contribution is 5.88. The maximum absolute atomic E-state index is 12.1. The number of carboxylic acids is 1. The van der Waals surface area contributed by atoms with Gasteiger partial charge in [-0.15, -0.1) is 0 Å². The zero-order valence-corrected chi connectivity index (χ0v) is 23.3. The Hall–Kier alpha value is -4.32. The van der Waals surface area contributed by atoms with Crippen molar-refractivity contribution in [2.24, 2.45) is 0 Å². The number of hydrogen-bond acceptors (Lipinski definition) is 10. The minimum atomic E-state index is -0.936. The lowest BCUT2D eigenvalue weighted by Crippen LogP contribution is -2.37. The van der Waals surface area contributed by atoms with Gasteiger partial charge in [-0.2, -0.15) is 5.10 Å². The lowest BCUT2D eigenvalue weighted by molar-refractivity contribution is -0.138. The van der Waals surface area contributed by atoms with Crippen molar-refractivity contribution in [3.63, 3.8) is 0 Å². The number of pyridine rings is 2. The predicted molar refractivity (Wildman–Crippen MR) is 156 cm³/mol. The fraction of sp³-hybridized carbons (Fsp3) is 0.448. The third kappa shape index (κ3) is 7.88. The molecule has 1 atom stereocenters. The molecular weight excluding hydrogens is 522 g/mol. The standard InChI is InChI=1S/C29H37N9O3/c1-20-7-10-23(17-31-20)41-16-15-38(13-3-2-6-22-9-8-21-5-4-12-30-26(21)35-22)14-11-25(29(39)40)36-27-24-18-34-37-28(24)33-19-32-27/h7-10,17-19,25H,2-6,11-16H2,1H3,(H,30,35)(H,39,40)(H2,32,33,34,36,37). The number of aromatic nitrogens is 6. The first-order valence-corrected chi connectivity index (χ1v) is 14.2. The van der Waals surface area contributed by atoms with Gasteiger partial charge < -0.3 is 20.5 Å². The Morgan fingerprint density at radius 2 is 2.05 bits per heavy atom. The van der Waals surface area contributed by atoms with Crippen molar-refractivity contribution in [1.82, 2.24) is 35.0 Å². The maximum atomic E-state index is 12.1. The monoisotopic (exact) mass is 559 g/mol. The van der Waals surface area contributed by atoms with Gasteiger partial charge >= 0.3 is 5.97 Å². The molecule has 0 bridgehead atoms. The number of rotatable bonds is 15. The quantitative estimate of drug-likeness (QED) is 0.158. The van der Waals surface area contributed by atoms with Gasteiger partial charge in [-0.25, -0.2) is 19.7 Å². The highest BCUT2D eigenvalue weighted by Crippen LogP contribution is 2.21. The van der Waals surface area contributed by atoms with E-state index in [1.807, 2.05) is 19.1 Å². The highest BCUT2D eigenvalue weighted by Gasteiger charge is 2.21. The lowest BCUT2D eigenvalue weighted by Gasteiger charge is -2.24. The summed E-state index contributed by atoms with van der Waals surface area (Å²) in [5.41, 5.74) is 3.89. The number of aromatic amines is 1. The second-order valence-corrected chi connectivity index (χ2v) is 10.3. The van der Waals surface area contributed by atoms with Crippen LogP contribution < -0.4 is 15.4 Å². The van der Waals surface area contributed by atoms with E-state index in [0.29, 0.717) is 43.0 Å². The number of nitrogens with zero attached hydrogens (tertiary/aromatic N) is 6. The lowest BCUT2D eigenvalue weighted by atomic mass is 10.1. The topological polar surface area (TPSA) is 154 Å². The van der Waals surface area contributed by atoms with E-state index in [-0.39, 0.29) is 0 Å². The predicted octanol–water partition coefficient (Wildman–Crippen LogP) is 3.47. The number of H-pyrrole nitrogens is 1. The molecule has 12 heteroatoms. The molecule has 12 nitrogen and oxygen atoms in total. The van der Waals surface area contributed by atoms with Crippen LogP contribution in [0.5, 0.6) is 5.75 Å². The van der Waals surface area contributed by atoms with Crippen LogP contribution >= 0.6 is 0 Å². The molecule has 4 aromatic rings. The molecule has 0 saturated carbocycles. The number of hydrogen-bond donors (Lipinski definition) is 4. The summed E-state index contributed by atoms with van der Waals surface area (Å²) in [7, 11) is 0. The Kier molecular flexibility index (Phi) is 9.53. The molecule has 5 heterocycles. The number of aliphatic carboxylic acids is 1. The van der Waals surface area contributed by atoms with Crippen LogP contribution in [0.2, 0.25) is 0 Å². The Morgan fingerprint density at radius 3 is 2.90 bits per heavy atom. The summed E-state index contributed by atoms with van der Waals surface area (Å²) in [6, 6.07) is 7.35. The van der Waals surface area contributed by atoms with E-state index >= 15 is 0 Å². The van der Waals surface area contributed by atoms with Crippen molar-refractivity contribution >= 4 is 28.6 Å². The van der Waals surface area contributed by atoms with E-state index in [2.05, 4.69) is 52.8 Å². The van der Waals surface area contributed by atoms with Crippen molar-refractivity contribution in [3.8, 4) is 5.75 Å². The molecule has 0 amide bonds. The molecule has 216 valence electrons. The van der Waals surface area contributed by atoms with E-state index in [1.165, 1.54) is 11.9 Å². The zero-order chi connectivity index (χ0) is 28.4. The van der Waals surface area contributed by atoms with E-state index in [4.69, 9.17) is 9.72 Å². The second-order valence-electron chi connectivity index (χ2n) is 10.3. The molecule has 0 spiro atoms. The number of fused-ring (bicyclic) bond motifs is 2. The van der Waals surface area contributed by atoms with Gasteiger partial charge in [0, 0.05) is 31.0 Å². The maximum Gasteiger partial charge on any atom is 0.326 e. The normalized spacial score (nSPS) is 13.5. The van der Waals surface area contributed by atoms with Crippen LogP contribution in [0.15, 0.2) is 43.0 Å². The van der Waals surface area contributed by atoms with Gasteiger partial charge in [0.15, 0.2) is 5.65 Å². The Morgan fingerprint density at radius 1 is 1.12 bits per heavy atom. The van der Waals surface area contributed by atoms with Gasteiger partial charge in [-0.1, -0.05) is 6.07 Å². The van der Waals surface area contributed by atoms with E-state index < -0.39 is 12.0 Å². The molecule has 1 aliphatic heterocycles. The molecule has 0 saturated heterocycles. The largest absolute Gasteiger partial charge is 0.491 e. The fourth-order valence-corrected chi connectivity index (χ4v) is 4.93. The Bertz CT molecular complexity index is 1430. The first-order chi connectivity index (χ1) is 20.0. The summed E-state index contributed by atoms with van der Waals surface area (Å²) < 4.78 is 5.93. The number of aryl methyl sites for hydroxylation is 3. The molecule has 0 aromatic carbocycles. The summed E-state index contributed by atoms with van der Waals surface area (Å²) >= 11 is 0. The molecule has 0 fully saturated rings. The third-order valence-electron chi connectivity index (χ3n) is 7.26. The summed E-state index contributed by atoms with van der Waals surface area (Å²) in [4.78, 5) is 31.9. The van der Waals surface area contributed by atoms with Crippen molar-refractivity contribution in [2.75, 3.05) is 43.4 Å². The van der Waals surface area contributed by atoms with E-state index in [0.717, 1.165) is 68.1 Å². The van der Waals surface area contributed by atoms with Crippen LogP contribution in [0.25, 0.3) is 11.0 Å². The average Bonchev–Trinajstić information content (AvgIpc) is 3.47. The number of carboxylic acid groups (broad SMARTS) is 1. The Balaban J connectivity index is 1.16. The number of nitrogens with one attached hydrogen (secondary N) is 3. The minimum absolute atomic E-state index is 0.392. The third-order valence-corrected chi connectivity index (χ3v) is 7.26. The number of anilines is 2. The summed E-state index contributed by atoms with van der Waals surface area (Å²) in [5, 5.41) is 23.9. The zero-order valence-electron chi connectivity index (χ0n) is 23.3. The number of carbonyl (C=O) groups is 1. The van der Waals surface area contributed by atoms with Gasteiger partial charge in [0.05, 0.1) is 17.8 Å². The molecule has 5 rings (SSSR count). The van der Waals surface area contributed by atoms with Gasteiger partial charge in [0.2, 0.25) is 0 Å². The van der Waals surface area contributed by atoms with Crippen molar-refractivity contribution < 1.29 is 14.6 Å². The fourth-order valence-electron chi connectivity index (χ4n) is 4.93. The van der Waals surface area contributed by atoms with E-state index in [1.54, 1.807) is 12.4 Å². The van der Waals surface area contributed by atoms with Crippen LogP contribution in [-0.4, -0.2) is 84.9 Å². The van der Waals surface area contributed by atoms with Crippen molar-refractivity contribution in [1.29, 1.82) is 0 Å². The van der Waals surface area contributed by atoms with Gasteiger partial charge in [-0.05, 0) is 75.8 Å². The molecule has 0 radical (unpaired) electrons. The van der Waals surface area contributed by atoms with Gasteiger partial charge in [0.25, 0.3) is 0 Å². The summed E-state index contributed by atoms with van der Waals surface area (Å²) in [5.74, 6) is 1.27. The van der Waals surface area contributed by atoms with Crippen LogP contribution in [0.4, 0.5) is 11.6 Å². The summed E-state index contributed by atoms with van der Waals surface area (Å²) in [6.45, 7) is 5.48. The second kappa shape index (κ2) is 13.8. The minimum Gasteiger partial charge on any atom is -0.491 e. The molecule has 0 aliphatic carbocycles. The Labute approximate surface area is 239 Å². The van der Waals surface area contributed by atoms with Crippen LogP contribution in [0, 0.1) is 6.92 Å². The van der Waals surface area contributed by atoms with E-state index in [9.17, 15) is 9.90 Å². The van der Waals surface area contributed by atoms with Crippen molar-refractivity contribution in [2.45, 2.75) is 51.5 Å². The SMILES string of the molecule is Cc1ccc(OCCN(CCCCc2ccc3c(n2)NCCC3)CCC(Nc2ncnc3[nH]ncc23)C(=O)O)cn1. The average molecular weight is 560 g/mol. The van der Waals surface area contributed by atoms with Crippen molar-refractivity contribution in [3.05, 3.63) is 59.9 Å². The molecule has 4 aromatic heterocycles. The first-order valence-electron chi connectivity index (χ1n) is 14.2. The molecular formula is C29H37N9O3. The number of ether oxygens (including phenoxy) is 1. The molecule has 1 aliphatic rings. The van der Waals surface area contributed by atoms with Crippen LogP contribution in [-0.2, 0) is 17.6 Å². The number of unbranched alkanes of at least 4 members (excludes halogenated alkanes) is 1. The summed E-state index contributed by atoms with van der Waals surface area (Å²) in [6.07, 6.45) is 10.2. The first kappa shape index (κ1) is 28.2. The smallest absolute Gasteiger partial charge is 0.326 e. The van der Waals surface area contributed by atoms with Crippen LogP contribution in [0.1, 0.15) is 42.6 Å². The van der Waals surface area contributed by atoms with Gasteiger partial charge in [0.1, 0.15) is 36.4 Å². The highest BCUT2D eigenvalue weighted by atomic mass is 16.5. The molecule has 4 N–H and O–H groups in total. The van der Waals surface area contributed by atoms with Gasteiger partial charge in [-0.3, -0.25) is 15.0 Å². The van der Waals surface area contributed by atoms with Crippen LogP contribution in [0.3, 0.4) is 0 Å². The molecule has 41 heavy (non-hydrogen) atoms.